The van der Waals surface area contributed by atoms with Crippen LogP contribution in [0, 0.1) is 11.8 Å². The van der Waals surface area contributed by atoms with Crippen LogP contribution in [0.15, 0.2) is 0 Å². The molecule has 1 N–H and O–H groups in total. The molecule has 0 spiro atoms. The molecule has 0 amide bonds. The maximum absolute atomic E-state index is 9.04. The van der Waals surface area contributed by atoms with Crippen molar-refractivity contribution in [3.8, 4) is 0 Å². The molecule has 1 saturated heterocycles. The Labute approximate surface area is 151 Å². The average molecular weight is 359 g/mol. The summed E-state index contributed by atoms with van der Waals surface area (Å²) in [6.45, 7) is 17.3. The molecule has 1 heterocycles. The van der Waals surface area contributed by atoms with Gasteiger partial charge >= 0.3 is 0 Å². The molecule has 1 aliphatic heterocycles. The van der Waals surface area contributed by atoms with Gasteiger partial charge in [-0.3, -0.25) is 0 Å². The second kappa shape index (κ2) is 9.70. The molecule has 0 unspecified atom stereocenters. The monoisotopic (exact) mass is 358 g/mol. The second-order valence-corrected chi connectivity index (χ2v) is 14.3. The number of rotatable bonds is 10. The largest absolute Gasteiger partial charge is 0.417 e. The van der Waals surface area contributed by atoms with Crippen LogP contribution in [-0.2, 0) is 9.16 Å². The molecule has 1 aliphatic rings. The Morgan fingerprint density at radius 2 is 1.88 bits per heavy atom. The van der Waals surface area contributed by atoms with Gasteiger partial charge < -0.3 is 14.3 Å². The Bertz CT molecular complexity index is 351. The summed E-state index contributed by atoms with van der Waals surface area (Å²) in [5, 5.41) is 9.34. The fraction of sp³-hybridized carbons (Fsp3) is 1.00. The number of hydrogen-bond acceptors (Lipinski definition) is 3. The van der Waals surface area contributed by atoms with Crippen LogP contribution in [0.2, 0.25) is 18.1 Å². The van der Waals surface area contributed by atoms with Gasteiger partial charge in [0, 0.05) is 13.2 Å². The van der Waals surface area contributed by atoms with E-state index in [-0.39, 0.29) is 12.7 Å². The van der Waals surface area contributed by atoms with E-state index in [4.69, 9.17) is 14.3 Å². The van der Waals surface area contributed by atoms with Crippen molar-refractivity contribution >= 4 is 8.32 Å². The van der Waals surface area contributed by atoms with Gasteiger partial charge in [-0.25, -0.2) is 0 Å². The lowest BCUT2D eigenvalue weighted by molar-refractivity contribution is 0.0181. The van der Waals surface area contributed by atoms with Crippen molar-refractivity contribution < 1.29 is 14.3 Å². The van der Waals surface area contributed by atoms with E-state index in [0.29, 0.717) is 23.0 Å². The molecule has 0 aromatic rings. The van der Waals surface area contributed by atoms with Crippen LogP contribution < -0.4 is 0 Å². The van der Waals surface area contributed by atoms with Crippen molar-refractivity contribution in [2.45, 2.75) is 103 Å². The molecule has 24 heavy (non-hydrogen) atoms. The molecule has 1 fully saturated rings. The molecule has 0 bridgehead atoms. The zero-order valence-electron chi connectivity index (χ0n) is 17.2. The van der Waals surface area contributed by atoms with Crippen molar-refractivity contribution in [3.05, 3.63) is 0 Å². The highest BCUT2D eigenvalue weighted by molar-refractivity contribution is 6.74. The maximum Gasteiger partial charge on any atom is 0.191 e. The van der Waals surface area contributed by atoms with E-state index in [1.807, 2.05) is 0 Å². The van der Waals surface area contributed by atoms with Crippen LogP contribution in [-0.4, -0.2) is 38.8 Å². The number of hydrogen-bond donors (Lipinski definition) is 1. The topological polar surface area (TPSA) is 38.7 Å². The highest BCUT2D eigenvalue weighted by Gasteiger charge is 2.37. The Morgan fingerprint density at radius 1 is 1.21 bits per heavy atom. The summed E-state index contributed by atoms with van der Waals surface area (Å²) >= 11 is 0. The minimum Gasteiger partial charge on any atom is -0.417 e. The van der Waals surface area contributed by atoms with Gasteiger partial charge in [0.15, 0.2) is 8.32 Å². The first-order chi connectivity index (χ1) is 11.1. The van der Waals surface area contributed by atoms with Crippen LogP contribution in [0.3, 0.4) is 0 Å². The smallest absolute Gasteiger partial charge is 0.191 e. The number of ether oxygens (including phenoxy) is 1. The van der Waals surface area contributed by atoms with Gasteiger partial charge in [-0.2, -0.15) is 0 Å². The molecule has 0 radical (unpaired) electrons. The minimum atomic E-state index is -1.60. The van der Waals surface area contributed by atoms with Gasteiger partial charge in [-0.1, -0.05) is 47.5 Å². The first-order valence-corrected chi connectivity index (χ1v) is 12.9. The lowest BCUT2D eigenvalue weighted by Gasteiger charge is -2.37. The lowest BCUT2D eigenvalue weighted by Crippen LogP contribution is -2.41. The quantitative estimate of drug-likeness (QED) is 0.421. The summed E-state index contributed by atoms with van der Waals surface area (Å²) < 4.78 is 12.4. The lowest BCUT2D eigenvalue weighted by atomic mass is 9.95. The Kier molecular flexibility index (Phi) is 8.95. The predicted molar refractivity (Wildman–Crippen MR) is 105 cm³/mol. The van der Waals surface area contributed by atoms with Gasteiger partial charge in [-0.05, 0) is 55.7 Å². The van der Waals surface area contributed by atoms with Crippen LogP contribution in [0.4, 0.5) is 0 Å². The molecule has 4 atom stereocenters. The molecule has 0 aliphatic carbocycles. The van der Waals surface area contributed by atoms with Crippen molar-refractivity contribution in [2.75, 3.05) is 13.2 Å². The first-order valence-electron chi connectivity index (χ1n) is 9.97. The van der Waals surface area contributed by atoms with Crippen molar-refractivity contribution in [3.63, 3.8) is 0 Å². The first kappa shape index (κ1) is 22.1. The standard InChI is InChI=1S/C20H42O3Si/c1-16(15-22-24(6,7)20(3,4)5)10-8-9-11-19-17(2)14-18(23-19)12-13-21/h16-19,21H,8-15H2,1-7H3/t16-,17-,18-,19-/m0/s1. The summed E-state index contributed by atoms with van der Waals surface area (Å²) in [5.41, 5.74) is 0. The van der Waals surface area contributed by atoms with Crippen molar-refractivity contribution in [2.24, 2.45) is 11.8 Å². The highest BCUT2D eigenvalue weighted by Crippen LogP contribution is 2.37. The van der Waals surface area contributed by atoms with Crippen LogP contribution >= 0.6 is 0 Å². The van der Waals surface area contributed by atoms with E-state index in [1.54, 1.807) is 0 Å². The van der Waals surface area contributed by atoms with Gasteiger partial charge in [0.25, 0.3) is 0 Å². The molecule has 3 nitrogen and oxygen atoms in total. The summed E-state index contributed by atoms with van der Waals surface area (Å²) in [5.74, 6) is 1.28. The fourth-order valence-electron chi connectivity index (χ4n) is 3.17. The maximum atomic E-state index is 9.04. The molecular formula is C20H42O3Si. The number of aliphatic hydroxyl groups excluding tert-OH is 1. The van der Waals surface area contributed by atoms with Crippen LogP contribution in [0.1, 0.15) is 73.1 Å². The summed E-state index contributed by atoms with van der Waals surface area (Å²) in [6.07, 6.45) is 7.51. The molecular weight excluding hydrogens is 316 g/mol. The summed E-state index contributed by atoms with van der Waals surface area (Å²) in [4.78, 5) is 0. The summed E-state index contributed by atoms with van der Waals surface area (Å²) in [7, 11) is -1.60. The predicted octanol–water partition coefficient (Wildman–Crippen LogP) is 5.38. The normalized spacial score (nSPS) is 26.8. The van der Waals surface area contributed by atoms with E-state index < -0.39 is 8.32 Å². The van der Waals surface area contributed by atoms with Crippen LogP contribution in [0.25, 0.3) is 0 Å². The third-order valence-corrected chi connectivity index (χ3v) is 10.6. The highest BCUT2D eigenvalue weighted by atomic mass is 28.4. The fourth-order valence-corrected chi connectivity index (χ4v) is 4.31. The van der Waals surface area contributed by atoms with E-state index in [9.17, 15) is 0 Å². The van der Waals surface area contributed by atoms with Crippen molar-refractivity contribution in [1.29, 1.82) is 0 Å². The van der Waals surface area contributed by atoms with Crippen molar-refractivity contribution in [1.82, 2.24) is 0 Å². The third kappa shape index (κ3) is 7.15. The third-order valence-electron chi connectivity index (χ3n) is 6.06. The molecule has 144 valence electrons. The van der Waals surface area contributed by atoms with E-state index >= 15 is 0 Å². The molecule has 0 aromatic carbocycles. The molecule has 0 saturated carbocycles. The average Bonchev–Trinajstić information content (AvgIpc) is 2.81. The molecule has 1 rings (SSSR count). The number of aliphatic hydroxyl groups is 1. The van der Waals surface area contributed by atoms with E-state index in [0.717, 1.165) is 19.4 Å². The number of unbranched alkanes of at least 4 members (excludes halogenated alkanes) is 1. The summed E-state index contributed by atoms with van der Waals surface area (Å²) in [6, 6.07) is 0. The molecule has 0 aromatic heterocycles. The van der Waals surface area contributed by atoms with E-state index in [2.05, 4.69) is 47.7 Å². The zero-order chi connectivity index (χ0) is 18.4. The second-order valence-electron chi connectivity index (χ2n) is 9.48. The molecule has 4 heteroatoms. The SMILES string of the molecule is C[C@@H](CCCC[C@@H]1O[C@@H](CCO)C[C@@H]1C)CO[Si](C)(C)C(C)(C)C. The minimum absolute atomic E-state index is 0.246. The van der Waals surface area contributed by atoms with Gasteiger partial charge in [-0.15, -0.1) is 0 Å². The van der Waals surface area contributed by atoms with E-state index in [1.165, 1.54) is 25.7 Å². The zero-order valence-corrected chi connectivity index (χ0v) is 18.2. The van der Waals surface area contributed by atoms with Gasteiger partial charge in [0.1, 0.15) is 0 Å². The van der Waals surface area contributed by atoms with Gasteiger partial charge in [0.2, 0.25) is 0 Å². The Balaban J connectivity index is 2.17. The Morgan fingerprint density at radius 3 is 2.46 bits per heavy atom. The Hall–Kier alpha value is 0.0969. The van der Waals surface area contributed by atoms with Gasteiger partial charge in [0.05, 0.1) is 12.2 Å². The van der Waals surface area contributed by atoms with Crippen LogP contribution in [0.5, 0.6) is 0 Å².